The normalized spacial score (nSPS) is 14.7. The predicted molar refractivity (Wildman–Crippen MR) is 59.0 cm³/mol. The van der Waals surface area contributed by atoms with Crippen LogP contribution in [-0.2, 0) is 0 Å². The van der Waals surface area contributed by atoms with Crippen LogP contribution in [0.15, 0.2) is 18.2 Å². The number of hydrogen-bond donors (Lipinski definition) is 1. The highest BCUT2D eigenvalue weighted by Gasteiger charge is 2.15. The molecule has 1 rings (SSSR count). The molecule has 4 heteroatoms. The van der Waals surface area contributed by atoms with Gasteiger partial charge in [-0.05, 0) is 31.5 Å². The second kappa shape index (κ2) is 4.73. The Labute approximate surface area is 93.2 Å². The molecule has 1 aromatic rings. The molecular weight excluding hydrogens is 217 g/mol. The van der Waals surface area contributed by atoms with Gasteiger partial charge in [-0.25, -0.2) is 4.39 Å². The van der Waals surface area contributed by atoms with Gasteiger partial charge in [0.1, 0.15) is 6.17 Å². The number of alkyl halides is 1. The van der Waals surface area contributed by atoms with Gasteiger partial charge in [0, 0.05) is 5.56 Å². The monoisotopic (exact) mass is 229 g/mol. The minimum atomic E-state index is -1.10. The molecule has 0 spiro atoms. The summed E-state index contributed by atoms with van der Waals surface area (Å²) in [6.45, 7) is 3.00. The first-order chi connectivity index (χ1) is 6.93. The van der Waals surface area contributed by atoms with Gasteiger partial charge >= 0.3 is 0 Å². The maximum atomic E-state index is 12.9. The van der Waals surface area contributed by atoms with Crippen LogP contribution in [0.2, 0.25) is 5.02 Å². The summed E-state index contributed by atoms with van der Waals surface area (Å²) in [5.74, 6) is -0.238. The molecule has 0 amide bonds. The Morgan fingerprint density at radius 3 is 2.47 bits per heavy atom. The molecule has 0 aliphatic heterocycles. The fourth-order valence-electron chi connectivity index (χ4n) is 1.22. The number of benzene rings is 1. The van der Waals surface area contributed by atoms with Crippen LogP contribution in [0.4, 0.5) is 4.39 Å². The zero-order valence-corrected chi connectivity index (χ0v) is 9.38. The quantitative estimate of drug-likeness (QED) is 0.810. The van der Waals surface area contributed by atoms with Gasteiger partial charge in [-0.1, -0.05) is 17.7 Å². The summed E-state index contributed by atoms with van der Waals surface area (Å²) >= 11 is 5.87. The molecule has 2 unspecified atom stereocenters. The zero-order valence-electron chi connectivity index (χ0n) is 8.63. The van der Waals surface area contributed by atoms with Crippen LogP contribution in [-0.4, -0.2) is 11.8 Å². The zero-order chi connectivity index (χ0) is 11.6. The Morgan fingerprint density at radius 2 is 2.07 bits per heavy atom. The van der Waals surface area contributed by atoms with Crippen molar-refractivity contribution in [1.82, 2.24) is 0 Å². The van der Waals surface area contributed by atoms with Crippen molar-refractivity contribution in [2.24, 2.45) is 5.73 Å². The molecule has 0 aromatic heterocycles. The number of rotatable bonds is 3. The summed E-state index contributed by atoms with van der Waals surface area (Å²) in [5.41, 5.74) is 6.26. The number of Topliss-reactive ketones (excluding diaryl/α,β-unsaturated/α-hetero) is 1. The van der Waals surface area contributed by atoms with E-state index in [1.807, 2.05) is 0 Å². The smallest absolute Gasteiger partial charge is 0.180 e. The van der Waals surface area contributed by atoms with Gasteiger partial charge < -0.3 is 5.73 Å². The number of nitrogens with two attached hydrogens (primary N) is 1. The van der Waals surface area contributed by atoms with Crippen molar-refractivity contribution in [3.05, 3.63) is 34.3 Å². The molecule has 2 nitrogen and oxygen atoms in total. The summed E-state index contributed by atoms with van der Waals surface area (Å²) in [7, 11) is 0. The standard InChI is InChI=1S/C11H13ClFNO/c1-6(13)8-3-4-9(10(12)5-8)11(15)7(2)14/h3-7H,14H2,1-2H3. The van der Waals surface area contributed by atoms with Crippen molar-refractivity contribution in [3.8, 4) is 0 Å². The Morgan fingerprint density at radius 1 is 1.47 bits per heavy atom. The van der Waals surface area contributed by atoms with Crippen LogP contribution >= 0.6 is 11.6 Å². The highest BCUT2D eigenvalue weighted by atomic mass is 35.5. The average Bonchev–Trinajstić information content (AvgIpc) is 2.16. The second-order valence-corrected chi connectivity index (χ2v) is 3.92. The first-order valence-electron chi connectivity index (χ1n) is 4.66. The minimum absolute atomic E-state index is 0.238. The predicted octanol–water partition coefficient (Wildman–Crippen LogP) is 2.90. The van der Waals surface area contributed by atoms with E-state index in [9.17, 15) is 9.18 Å². The molecule has 0 bridgehead atoms. The number of halogens is 2. The van der Waals surface area contributed by atoms with Gasteiger partial charge in [0.2, 0.25) is 0 Å². The average molecular weight is 230 g/mol. The Balaban J connectivity index is 3.08. The Hall–Kier alpha value is -0.930. The third kappa shape index (κ3) is 2.76. The van der Waals surface area contributed by atoms with Crippen molar-refractivity contribution in [3.63, 3.8) is 0 Å². The van der Waals surface area contributed by atoms with Gasteiger partial charge in [0.05, 0.1) is 11.1 Å². The van der Waals surface area contributed by atoms with Crippen LogP contribution in [0.5, 0.6) is 0 Å². The largest absolute Gasteiger partial charge is 0.321 e. The lowest BCUT2D eigenvalue weighted by atomic mass is 10.0. The van der Waals surface area contributed by atoms with E-state index in [4.69, 9.17) is 17.3 Å². The van der Waals surface area contributed by atoms with Crippen LogP contribution in [0.25, 0.3) is 0 Å². The van der Waals surface area contributed by atoms with Gasteiger partial charge in [0.25, 0.3) is 0 Å². The topological polar surface area (TPSA) is 43.1 Å². The number of carbonyl (C=O) groups excluding carboxylic acids is 1. The van der Waals surface area contributed by atoms with E-state index in [0.717, 1.165) is 0 Å². The van der Waals surface area contributed by atoms with Crippen molar-refractivity contribution in [2.45, 2.75) is 26.1 Å². The summed E-state index contributed by atoms with van der Waals surface area (Å²) in [6.07, 6.45) is -1.10. The molecule has 0 aliphatic carbocycles. The Kier molecular flexibility index (Phi) is 3.83. The molecule has 0 aliphatic rings. The molecule has 15 heavy (non-hydrogen) atoms. The third-order valence-electron chi connectivity index (χ3n) is 2.13. The maximum Gasteiger partial charge on any atom is 0.180 e. The van der Waals surface area contributed by atoms with E-state index in [-0.39, 0.29) is 10.8 Å². The number of hydrogen-bond acceptors (Lipinski definition) is 2. The summed E-state index contributed by atoms with van der Waals surface area (Å²) in [4.78, 5) is 11.5. The van der Waals surface area contributed by atoms with Crippen molar-refractivity contribution < 1.29 is 9.18 Å². The summed E-state index contributed by atoms with van der Waals surface area (Å²) in [5, 5.41) is 0.249. The fraction of sp³-hybridized carbons (Fsp3) is 0.364. The first kappa shape index (κ1) is 12.1. The molecule has 2 atom stereocenters. The fourth-order valence-corrected chi connectivity index (χ4v) is 1.51. The van der Waals surface area contributed by atoms with Gasteiger partial charge in [0.15, 0.2) is 5.78 Å². The third-order valence-corrected chi connectivity index (χ3v) is 2.44. The van der Waals surface area contributed by atoms with Crippen LogP contribution in [0.3, 0.4) is 0 Å². The molecule has 2 N–H and O–H groups in total. The van der Waals surface area contributed by atoms with E-state index in [1.54, 1.807) is 13.0 Å². The lowest BCUT2D eigenvalue weighted by Crippen LogP contribution is -2.26. The van der Waals surface area contributed by atoms with Gasteiger partial charge in [-0.15, -0.1) is 0 Å². The molecule has 0 saturated carbocycles. The SMILES string of the molecule is CC(N)C(=O)c1ccc(C(C)F)cc1Cl. The van der Waals surface area contributed by atoms with E-state index >= 15 is 0 Å². The summed E-state index contributed by atoms with van der Waals surface area (Å²) < 4.78 is 12.9. The van der Waals surface area contributed by atoms with Crippen LogP contribution in [0.1, 0.15) is 35.9 Å². The molecule has 0 radical (unpaired) electrons. The molecule has 82 valence electrons. The molecule has 0 saturated heterocycles. The minimum Gasteiger partial charge on any atom is -0.321 e. The number of carbonyl (C=O) groups is 1. The second-order valence-electron chi connectivity index (χ2n) is 3.51. The van der Waals surface area contributed by atoms with Gasteiger partial charge in [-0.3, -0.25) is 4.79 Å². The molecular formula is C11H13ClFNO. The lowest BCUT2D eigenvalue weighted by molar-refractivity contribution is 0.0968. The first-order valence-corrected chi connectivity index (χ1v) is 5.04. The number of ketones is 1. The van der Waals surface area contributed by atoms with Crippen molar-refractivity contribution in [1.29, 1.82) is 0 Å². The highest BCUT2D eigenvalue weighted by Crippen LogP contribution is 2.24. The molecule has 0 heterocycles. The van der Waals surface area contributed by atoms with E-state index in [2.05, 4.69) is 0 Å². The maximum absolute atomic E-state index is 12.9. The van der Waals surface area contributed by atoms with E-state index in [0.29, 0.717) is 11.1 Å². The molecule has 0 fully saturated rings. The summed E-state index contributed by atoms with van der Waals surface area (Å²) in [6, 6.07) is 3.92. The molecule has 1 aromatic carbocycles. The van der Waals surface area contributed by atoms with Gasteiger partial charge in [-0.2, -0.15) is 0 Å². The van der Waals surface area contributed by atoms with E-state index in [1.165, 1.54) is 19.1 Å². The van der Waals surface area contributed by atoms with E-state index < -0.39 is 12.2 Å². The van der Waals surface area contributed by atoms with Crippen molar-refractivity contribution in [2.75, 3.05) is 0 Å². The lowest BCUT2D eigenvalue weighted by Gasteiger charge is -2.09. The van der Waals surface area contributed by atoms with Crippen molar-refractivity contribution >= 4 is 17.4 Å². The Bertz CT molecular complexity index is 377. The van der Waals surface area contributed by atoms with Crippen LogP contribution in [0, 0.1) is 0 Å². The highest BCUT2D eigenvalue weighted by molar-refractivity contribution is 6.34. The van der Waals surface area contributed by atoms with Crippen LogP contribution < -0.4 is 5.73 Å².